The molecule has 1 rings (SSSR count). The van der Waals surface area contributed by atoms with E-state index in [2.05, 4.69) is 4.42 Å². The van der Waals surface area contributed by atoms with E-state index in [-0.39, 0.29) is 0 Å². The first-order valence-corrected chi connectivity index (χ1v) is 3.04. The van der Waals surface area contributed by atoms with Gasteiger partial charge in [-0.2, -0.15) is 0 Å². The first kappa shape index (κ1) is 5.53. The van der Waals surface area contributed by atoms with E-state index in [1.165, 1.54) is 18.6 Å². The van der Waals surface area contributed by atoms with Gasteiger partial charge in [0.05, 0.1) is 6.26 Å². The summed E-state index contributed by atoms with van der Waals surface area (Å²) in [5, 5.41) is 0. The molecule has 4 heteroatoms. The molecule has 0 saturated carbocycles. The Morgan fingerprint density at radius 3 is 2.75 bits per heavy atom. The van der Waals surface area contributed by atoms with Crippen LogP contribution in [0.1, 0.15) is 0 Å². The highest BCUT2D eigenvalue weighted by molar-refractivity contribution is 7.79. The lowest BCUT2D eigenvalue weighted by Gasteiger charge is -1.78. The Hall–Kier alpha value is -0.610. The normalized spacial score (nSPS) is 13.6. The maximum Gasteiger partial charge on any atom is 0.189 e. The van der Waals surface area contributed by atoms with Crippen LogP contribution in [0.2, 0.25) is 0 Å². The molecule has 0 saturated heterocycles. The fraction of sp³-hybridized carbons (Fsp3) is 0. The lowest BCUT2D eigenvalue weighted by molar-refractivity contribution is 0.547. The maximum atomic E-state index is 10.1. The molecule has 0 fully saturated rings. The molecule has 1 atom stereocenters. The monoisotopic (exact) mass is 132 g/mol. The minimum atomic E-state index is -1.89. The third kappa shape index (κ3) is 0.962. The molecule has 0 aliphatic rings. The molecule has 1 unspecified atom stereocenters. The number of hydrogen-bond acceptors (Lipinski definition) is 2. The van der Waals surface area contributed by atoms with Crippen LogP contribution in [0.15, 0.2) is 27.9 Å². The minimum absolute atomic E-state index is 0.296. The van der Waals surface area contributed by atoms with Crippen LogP contribution < -0.4 is 0 Å². The third-order valence-corrected chi connectivity index (χ3v) is 1.33. The fourth-order valence-corrected chi connectivity index (χ4v) is 0.661. The van der Waals surface area contributed by atoms with Crippen LogP contribution in [0.5, 0.6) is 0 Å². The summed E-state index contributed by atoms with van der Waals surface area (Å²) < 4.78 is 23.0. The van der Waals surface area contributed by atoms with Crippen LogP contribution >= 0.6 is 0 Å². The zero-order chi connectivity index (χ0) is 5.98. The van der Waals surface area contributed by atoms with Gasteiger partial charge < -0.3 is 8.97 Å². The van der Waals surface area contributed by atoms with Gasteiger partial charge in [-0.3, -0.25) is 0 Å². The number of furan rings is 1. The van der Waals surface area contributed by atoms with Crippen LogP contribution in [0.25, 0.3) is 0 Å². The SMILES string of the molecule is O=S(O)c1ccoc1. The second-order valence-electron chi connectivity index (χ2n) is 1.21. The molecule has 0 radical (unpaired) electrons. The minimum Gasteiger partial charge on any atom is -0.471 e. The summed E-state index contributed by atoms with van der Waals surface area (Å²) >= 11 is -1.89. The van der Waals surface area contributed by atoms with Gasteiger partial charge in [-0.25, -0.2) is 4.21 Å². The zero-order valence-electron chi connectivity index (χ0n) is 3.90. The van der Waals surface area contributed by atoms with Gasteiger partial charge >= 0.3 is 0 Å². The molecular weight excluding hydrogens is 128 g/mol. The van der Waals surface area contributed by atoms with Crippen molar-refractivity contribution in [1.29, 1.82) is 0 Å². The summed E-state index contributed by atoms with van der Waals surface area (Å²) in [7, 11) is 0. The summed E-state index contributed by atoms with van der Waals surface area (Å²) in [6.45, 7) is 0. The van der Waals surface area contributed by atoms with Gasteiger partial charge in [-0.1, -0.05) is 0 Å². The predicted octanol–water partition coefficient (Wildman–Crippen LogP) is 0.860. The molecule has 3 nitrogen and oxygen atoms in total. The van der Waals surface area contributed by atoms with E-state index in [0.717, 1.165) is 0 Å². The summed E-state index contributed by atoms with van der Waals surface area (Å²) in [6.07, 6.45) is 2.58. The highest BCUT2D eigenvalue weighted by atomic mass is 32.2. The van der Waals surface area contributed by atoms with Crippen LogP contribution in [-0.4, -0.2) is 8.76 Å². The molecule has 0 aromatic carbocycles. The summed E-state index contributed by atoms with van der Waals surface area (Å²) in [5.74, 6) is 0. The van der Waals surface area contributed by atoms with Crippen LogP contribution in [-0.2, 0) is 11.1 Å². The molecule has 0 bridgehead atoms. The highest BCUT2D eigenvalue weighted by Crippen LogP contribution is 2.02. The largest absolute Gasteiger partial charge is 0.471 e. The Morgan fingerprint density at radius 1 is 1.75 bits per heavy atom. The Bertz CT molecular complexity index is 179. The van der Waals surface area contributed by atoms with Crippen molar-refractivity contribution < 1.29 is 13.2 Å². The van der Waals surface area contributed by atoms with Gasteiger partial charge in [-0.15, -0.1) is 0 Å². The molecule has 0 aliphatic heterocycles. The standard InChI is InChI=1S/C4H4O3S/c5-8(6)4-1-2-7-3-4/h1-3H,(H,5,6). The predicted molar refractivity (Wildman–Crippen MR) is 27.7 cm³/mol. The van der Waals surface area contributed by atoms with Crippen molar-refractivity contribution in [3.8, 4) is 0 Å². The summed E-state index contributed by atoms with van der Waals surface area (Å²) in [6, 6.07) is 1.44. The van der Waals surface area contributed by atoms with Crippen LogP contribution in [0, 0.1) is 0 Å². The van der Waals surface area contributed by atoms with Crippen molar-refractivity contribution in [2.75, 3.05) is 0 Å². The van der Waals surface area contributed by atoms with Crippen molar-refractivity contribution in [1.82, 2.24) is 0 Å². The van der Waals surface area contributed by atoms with Gasteiger partial charge in [0.2, 0.25) is 0 Å². The molecule has 1 aromatic rings. The number of hydrogen-bond donors (Lipinski definition) is 1. The summed E-state index contributed by atoms with van der Waals surface area (Å²) in [4.78, 5) is 0.296. The van der Waals surface area contributed by atoms with E-state index in [0.29, 0.717) is 4.90 Å². The maximum absolute atomic E-state index is 10.1. The molecule has 1 heterocycles. The molecule has 0 spiro atoms. The Balaban J connectivity index is 2.93. The van der Waals surface area contributed by atoms with Crippen molar-refractivity contribution in [3.05, 3.63) is 18.6 Å². The van der Waals surface area contributed by atoms with Gasteiger partial charge in [0.25, 0.3) is 0 Å². The van der Waals surface area contributed by atoms with Gasteiger partial charge in [0.15, 0.2) is 11.1 Å². The molecule has 0 amide bonds. The Morgan fingerprint density at radius 2 is 2.50 bits per heavy atom. The van der Waals surface area contributed by atoms with Gasteiger partial charge in [0.1, 0.15) is 11.2 Å². The van der Waals surface area contributed by atoms with Gasteiger partial charge in [-0.05, 0) is 6.07 Å². The average molecular weight is 132 g/mol. The Labute approximate surface area is 48.6 Å². The topological polar surface area (TPSA) is 50.4 Å². The lowest BCUT2D eigenvalue weighted by atomic mass is 10.7. The zero-order valence-corrected chi connectivity index (χ0v) is 4.72. The summed E-state index contributed by atoms with van der Waals surface area (Å²) in [5.41, 5.74) is 0. The smallest absolute Gasteiger partial charge is 0.189 e. The fourth-order valence-electron chi connectivity index (χ4n) is 0.351. The quantitative estimate of drug-likeness (QED) is 0.576. The second kappa shape index (κ2) is 2.11. The Kier molecular flexibility index (Phi) is 1.45. The highest BCUT2D eigenvalue weighted by Gasteiger charge is 1.97. The van der Waals surface area contributed by atoms with Crippen molar-refractivity contribution >= 4 is 11.1 Å². The third-order valence-electron chi connectivity index (χ3n) is 0.697. The first-order valence-electron chi connectivity index (χ1n) is 1.94. The molecule has 1 aromatic heterocycles. The van der Waals surface area contributed by atoms with Crippen molar-refractivity contribution in [3.63, 3.8) is 0 Å². The van der Waals surface area contributed by atoms with Crippen LogP contribution in [0.4, 0.5) is 0 Å². The van der Waals surface area contributed by atoms with E-state index in [1.54, 1.807) is 0 Å². The first-order chi connectivity index (χ1) is 3.80. The molecule has 1 N–H and O–H groups in total. The molecule has 44 valence electrons. The van der Waals surface area contributed by atoms with E-state index in [1.807, 2.05) is 0 Å². The second-order valence-corrected chi connectivity index (χ2v) is 2.18. The number of rotatable bonds is 1. The van der Waals surface area contributed by atoms with E-state index in [4.69, 9.17) is 4.55 Å². The van der Waals surface area contributed by atoms with E-state index >= 15 is 0 Å². The lowest BCUT2D eigenvalue weighted by Crippen LogP contribution is -1.81. The van der Waals surface area contributed by atoms with E-state index < -0.39 is 11.1 Å². The van der Waals surface area contributed by atoms with Crippen molar-refractivity contribution in [2.24, 2.45) is 0 Å². The van der Waals surface area contributed by atoms with Crippen LogP contribution in [0.3, 0.4) is 0 Å². The molecule has 0 aliphatic carbocycles. The molecular formula is C4H4O3S. The average Bonchev–Trinajstić information content (AvgIpc) is 2.12. The van der Waals surface area contributed by atoms with E-state index in [9.17, 15) is 4.21 Å². The molecule has 8 heavy (non-hydrogen) atoms. The van der Waals surface area contributed by atoms with Gasteiger partial charge in [0, 0.05) is 0 Å². The van der Waals surface area contributed by atoms with Crippen molar-refractivity contribution in [2.45, 2.75) is 4.90 Å².